The molecule has 22 heavy (non-hydrogen) atoms. The number of carbonyl (C=O) groups is 2. The van der Waals surface area contributed by atoms with Crippen LogP contribution in [0.4, 0.5) is 0 Å². The average Bonchev–Trinajstić information content (AvgIpc) is 2.45. The zero-order chi connectivity index (χ0) is 16.3. The predicted octanol–water partition coefficient (Wildman–Crippen LogP) is 0.933. The summed E-state index contributed by atoms with van der Waals surface area (Å²) in [6.07, 6.45) is -0.119. The fraction of sp³-hybridized carbons (Fsp3) is 0.267. The van der Waals surface area contributed by atoms with E-state index in [1.165, 1.54) is 20.1 Å². The summed E-state index contributed by atoms with van der Waals surface area (Å²) in [7, 11) is 1.49. The van der Waals surface area contributed by atoms with E-state index in [1.807, 2.05) is 0 Å². The maximum atomic E-state index is 11.9. The van der Waals surface area contributed by atoms with Gasteiger partial charge in [-0.3, -0.25) is 9.59 Å². The minimum atomic E-state index is -1.13. The van der Waals surface area contributed by atoms with E-state index in [-0.39, 0.29) is 6.42 Å². The van der Waals surface area contributed by atoms with E-state index in [4.69, 9.17) is 14.3 Å². The summed E-state index contributed by atoms with van der Waals surface area (Å²) < 4.78 is 10.1. The van der Waals surface area contributed by atoms with E-state index < -0.39 is 23.5 Å². The average molecular weight is 305 g/mol. The Morgan fingerprint density at radius 2 is 2.09 bits per heavy atom. The molecule has 7 nitrogen and oxygen atoms in total. The molecule has 0 bridgehead atoms. The van der Waals surface area contributed by atoms with Gasteiger partial charge in [0.25, 0.3) is 0 Å². The van der Waals surface area contributed by atoms with Crippen LogP contribution in [0.15, 0.2) is 33.5 Å². The summed E-state index contributed by atoms with van der Waals surface area (Å²) in [5, 5.41) is 11.7. The molecular formula is C15H15NO6. The lowest BCUT2D eigenvalue weighted by Gasteiger charge is -2.10. The van der Waals surface area contributed by atoms with Crippen LogP contribution in [0.1, 0.15) is 12.5 Å². The third kappa shape index (κ3) is 3.43. The first-order chi connectivity index (χ1) is 10.4. The monoisotopic (exact) mass is 305 g/mol. The van der Waals surface area contributed by atoms with Crippen molar-refractivity contribution in [3.8, 4) is 5.75 Å². The molecule has 0 saturated carbocycles. The van der Waals surface area contributed by atoms with Gasteiger partial charge in [0.1, 0.15) is 17.4 Å². The molecule has 116 valence electrons. The number of rotatable bonds is 5. The molecule has 0 aliphatic rings. The number of nitrogens with one attached hydrogen (secondary N) is 1. The predicted molar refractivity (Wildman–Crippen MR) is 78.0 cm³/mol. The first kappa shape index (κ1) is 15.6. The molecule has 7 heteroatoms. The number of hydrogen-bond acceptors (Lipinski definition) is 5. The van der Waals surface area contributed by atoms with Crippen LogP contribution in [0.25, 0.3) is 11.0 Å². The summed E-state index contributed by atoms with van der Waals surface area (Å²) in [4.78, 5) is 34.2. The van der Waals surface area contributed by atoms with E-state index in [0.29, 0.717) is 22.3 Å². The van der Waals surface area contributed by atoms with Crippen molar-refractivity contribution in [3.05, 3.63) is 40.2 Å². The van der Waals surface area contributed by atoms with Gasteiger partial charge in [-0.2, -0.15) is 0 Å². The van der Waals surface area contributed by atoms with E-state index in [2.05, 4.69) is 5.32 Å². The zero-order valence-corrected chi connectivity index (χ0v) is 12.1. The first-order valence-corrected chi connectivity index (χ1v) is 6.53. The SMILES string of the molecule is COc1ccc2c(CC(=O)N[C@@H](C)C(=O)O)cc(=O)oc2c1. The summed E-state index contributed by atoms with van der Waals surface area (Å²) in [5.41, 5.74) is 0.180. The van der Waals surface area contributed by atoms with Crippen LogP contribution in [0.2, 0.25) is 0 Å². The minimum Gasteiger partial charge on any atom is -0.497 e. The summed E-state index contributed by atoms with van der Waals surface area (Å²) in [6.45, 7) is 1.36. The van der Waals surface area contributed by atoms with Gasteiger partial charge in [0.15, 0.2) is 0 Å². The largest absolute Gasteiger partial charge is 0.497 e. The molecule has 1 heterocycles. The highest BCUT2D eigenvalue weighted by molar-refractivity contribution is 5.89. The van der Waals surface area contributed by atoms with Gasteiger partial charge >= 0.3 is 11.6 Å². The maximum Gasteiger partial charge on any atom is 0.336 e. The number of amides is 1. The number of aliphatic carboxylic acids is 1. The molecule has 0 saturated heterocycles. The lowest BCUT2D eigenvalue weighted by atomic mass is 10.1. The van der Waals surface area contributed by atoms with Gasteiger partial charge in [0.05, 0.1) is 13.5 Å². The zero-order valence-electron chi connectivity index (χ0n) is 12.1. The fourth-order valence-electron chi connectivity index (χ4n) is 2.01. The highest BCUT2D eigenvalue weighted by Gasteiger charge is 2.16. The van der Waals surface area contributed by atoms with Crippen LogP contribution in [-0.4, -0.2) is 30.1 Å². The van der Waals surface area contributed by atoms with Gasteiger partial charge in [-0.05, 0) is 24.6 Å². The smallest absolute Gasteiger partial charge is 0.336 e. The molecule has 0 aliphatic carbocycles. The van der Waals surface area contributed by atoms with Crippen LogP contribution in [0.3, 0.4) is 0 Å². The van der Waals surface area contributed by atoms with Crippen LogP contribution in [-0.2, 0) is 16.0 Å². The third-order valence-electron chi connectivity index (χ3n) is 3.14. The molecule has 0 radical (unpaired) electrons. The molecule has 1 aromatic carbocycles. The lowest BCUT2D eigenvalue weighted by Crippen LogP contribution is -2.39. The highest BCUT2D eigenvalue weighted by Crippen LogP contribution is 2.22. The number of ether oxygens (including phenoxy) is 1. The lowest BCUT2D eigenvalue weighted by molar-refractivity contribution is -0.141. The maximum absolute atomic E-state index is 11.9. The Kier molecular flexibility index (Phi) is 4.45. The molecule has 1 aromatic heterocycles. The van der Waals surface area contributed by atoms with E-state index in [9.17, 15) is 14.4 Å². The number of carboxylic acid groups (broad SMARTS) is 1. The number of benzene rings is 1. The number of fused-ring (bicyclic) bond motifs is 1. The quantitative estimate of drug-likeness (QED) is 0.796. The van der Waals surface area contributed by atoms with E-state index >= 15 is 0 Å². The Bertz CT molecular complexity index is 779. The Hall–Kier alpha value is -2.83. The van der Waals surface area contributed by atoms with Crippen LogP contribution in [0, 0.1) is 0 Å². The molecule has 0 fully saturated rings. The van der Waals surface area contributed by atoms with Crippen molar-refractivity contribution in [3.63, 3.8) is 0 Å². The number of hydrogen-bond donors (Lipinski definition) is 2. The summed E-state index contributed by atoms with van der Waals surface area (Å²) >= 11 is 0. The molecule has 1 amide bonds. The number of methoxy groups -OCH3 is 1. The van der Waals surface area contributed by atoms with Gasteiger partial charge in [-0.15, -0.1) is 0 Å². The number of carbonyl (C=O) groups excluding carboxylic acids is 1. The van der Waals surface area contributed by atoms with Crippen molar-refractivity contribution in [2.24, 2.45) is 0 Å². The summed E-state index contributed by atoms with van der Waals surface area (Å²) in [6, 6.07) is 5.14. The van der Waals surface area contributed by atoms with Crippen LogP contribution >= 0.6 is 0 Å². The van der Waals surface area contributed by atoms with Gasteiger partial charge in [-0.1, -0.05) is 0 Å². The molecule has 0 aliphatic heterocycles. The van der Waals surface area contributed by atoms with E-state index in [0.717, 1.165) is 0 Å². The van der Waals surface area contributed by atoms with Crippen molar-refractivity contribution in [1.29, 1.82) is 0 Å². The minimum absolute atomic E-state index is 0.119. The van der Waals surface area contributed by atoms with Gasteiger partial charge in [0, 0.05) is 17.5 Å². The van der Waals surface area contributed by atoms with Crippen molar-refractivity contribution in [2.75, 3.05) is 7.11 Å². The highest BCUT2D eigenvalue weighted by atomic mass is 16.5. The topological polar surface area (TPSA) is 106 Å². The second kappa shape index (κ2) is 6.30. The second-order valence-corrected chi connectivity index (χ2v) is 4.76. The van der Waals surface area contributed by atoms with Crippen LogP contribution in [0.5, 0.6) is 5.75 Å². The molecule has 2 rings (SSSR count). The number of carboxylic acids is 1. The Balaban J connectivity index is 2.33. The molecule has 0 unspecified atom stereocenters. The normalized spacial score (nSPS) is 11.9. The summed E-state index contributed by atoms with van der Waals surface area (Å²) in [5.74, 6) is -1.09. The van der Waals surface area contributed by atoms with Crippen LogP contribution < -0.4 is 15.7 Å². The Morgan fingerprint density at radius 1 is 1.36 bits per heavy atom. The van der Waals surface area contributed by atoms with E-state index in [1.54, 1.807) is 18.2 Å². The van der Waals surface area contributed by atoms with Gasteiger partial charge < -0.3 is 19.6 Å². The van der Waals surface area contributed by atoms with Crippen molar-refractivity contribution in [2.45, 2.75) is 19.4 Å². The van der Waals surface area contributed by atoms with Crippen molar-refractivity contribution < 1.29 is 23.8 Å². The molecule has 1 atom stereocenters. The Labute approximate surface area is 125 Å². The third-order valence-corrected chi connectivity index (χ3v) is 3.14. The molecular weight excluding hydrogens is 290 g/mol. The van der Waals surface area contributed by atoms with Gasteiger partial charge in [0.2, 0.25) is 5.91 Å². The molecule has 2 aromatic rings. The fourth-order valence-corrected chi connectivity index (χ4v) is 2.01. The standard InChI is InChI=1S/C15H15NO6/c1-8(15(19)20)16-13(17)5-9-6-14(18)22-12-7-10(21-2)3-4-11(9)12/h3-4,6-8H,5H2,1-2H3,(H,16,17)(H,19,20)/t8-/m0/s1. The first-order valence-electron chi connectivity index (χ1n) is 6.53. The Morgan fingerprint density at radius 3 is 2.73 bits per heavy atom. The van der Waals surface area contributed by atoms with Crippen molar-refractivity contribution in [1.82, 2.24) is 5.32 Å². The van der Waals surface area contributed by atoms with Gasteiger partial charge in [-0.25, -0.2) is 4.79 Å². The molecule has 2 N–H and O–H groups in total. The van der Waals surface area contributed by atoms with Crippen molar-refractivity contribution >= 4 is 22.8 Å². The second-order valence-electron chi connectivity index (χ2n) is 4.76. The molecule has 0 spiro atoms.